The monoisotopic (exact) mass is 622 g/mol. The SMILES string of the molecule is O=C(O)c1ccc(S(=O)(=O)O)c(N=Nc2ccc(N=Nc3c(OS(=O)(=O)O)ccc4ccccc34)c3ccccc23)c1O. The fourth-order valence-electron chi connectivity index (χ4n) is 4.21. The summed E-state index contributed by atoms with van der Waals surface area (Å²) in [6.07, 6.45) is 0. The molecule has 0 aliphatic heterocycles. The van der Waals surface area contributed by atoms with E-state index in [4.69, 9.17) is 4.18 Å². The van der Waals surface area contributed by atoms with Crippen LogP contribution in [0.3, 0.4) is 0 Å². The molecule has 0 heterocycles. The van der Waals surface area contributed by atoms with E-state index in [-0.39, 0.29) is 22.8 Å². The fourth-order valence-corrected chi connectivity index (χ4v) is 5.19. The summed E-state index contributed by atoms with van der Waals surface area (Å²) < 4.78 is 70.1. The van der Waals surface area contributed by atoms with Crippen molar-refractivity contribution in [2.45, 2.75) is 4.90 Å². The van der Waals surface area contributed by atoms with E-state index in [2.05, 4.69) is 20.5 Å². The van der Waals surface area contributed by atoms with Crippen LogP contribution in [0.4, 0.5) is 22.7 Å². The third-order valence-corrected chi connectivity index (χ3v) is 7.35. The second-order valence-corrected chi connectivity index (χ2v) is 11.2. The van der Waals surface area contributed by atoms with E-state index in [0.29, 0.717) is 21.5 Å². The van der Waals surface area contributed by atoms with Gasteiger partial charge in [0.1, 0.15) is 21.8 Å². The molecule has 5 aromatic carbocycles. The van der Waals surface area contributed by atoms with Crippen molar-refractivity contribution in [1.29, 1.82) is 0 Å². The predicted octanol–water partition coefficient (Wildman–Crippen LogP) is 6.66. The molecule has 14 nitrogen and oxygen atoms in total. The largest absolute Gasteiger partial charge is 0.505 e. The first-order valence-corrected chi connectivity index (χ1v) is 14.7. The molecule has 0 spiro atoms. The second-order valence-electron chi connectivity index (χ2n) is 8.78. The van der Waals surface area contributed by atoms with Gasteiger partial charge >= 0.3 is 16.4 Å². The van der Waals surface area contributed by atoms with Crippen LogP contribution < -0.4 is 4.18 Å². The summed E-state index contributed by atoms with van der Waals surface area (Å²) in [5.41, 5.74) is -0.980. The van der Waals surface area contributed by atoms with Gasteiger partial charge in [0.2, 0.25) is 0 Å². The van der Waals surface area contributed by atoms with Crippen LogP contribution >= 0.6 is 0 Å². The maximum Gasteiger partial charge on any atom is 0.446 e. The highest BCUT2D eigenvalue weighted by Crippen LogP contribution is 2.41. The molecular formula is C27H18N4O10S2. The van der Waals surface area contributed by atoms with E-state index in [1.807, 2.05) is 0 Å². The Bertz CT molecular complexity index is 2220. The molecule has 43 heavy (non-hydrogen) atoms. The van der Waals surface area contributed by atoms with Gasteiger partial charge in [-0.15, -0.1) is 20.5 Å². The lowest BCUT2D eigenvalue weighted by atomic mass is 10.1. The number of fused-ring (bicyclic) bond motifs is 2. The zero-order valence-corrected chi connectivity index (χ0v) is 23.1. The van der Waals surface area contributed by atoms with Crippen LogP contribution in [0.5, 0.6) is 11.5 Å². The molecule has 0 aromatic heterocycles. The molecule has 0 radical (unpaired) electrons. The van der Waals surface area contributed by atoms with Crippen molar-refractivity contribution in [2.24, 2.45) is 20.5 Å². The molecule has 5 aromatic rings. The Labute approximate surface area is 242 Å². The molecule has 0 aliphatic carbocycles. The van der Waals surface area contributed by atoms with Gasteiger partial charge in [-0.2, -0.15) is 16.8 Å². The minimum Gasteiger partial charge on any atom is -0.505 e. The number of aromatic hydroxyl groups is 1. The van der Waals surface area contributed by atoms with E-state index in [9.17, 15) is 40.9 Å². The van der Waals surface area contributed by atoms with Gasteiger partial charge in [-0.3, -0.25) is 9.11 Å². The molecule has 218 valence electrons. The summed E-state index contributed by atoms with van der Waals surface area (Å²) in [6.45, 7) is 0. The normalized spacial score (nSPS) is 12.4. The molecule has 0 saturated carbocycles. The zero-order valence-electron chi connectivity index (χ0n) is 21.4. The molecule has 4 N–H and O–H groups in total. The van der Waals surface area contributed by atoms with Gasteiger partial charge in [0, 0.05) is 16.2 Å². The number of aromatic carboxylic acids is 1. The Morgan fingerprint density at radius 3 is 1.77 bits per heavy atom. The number of hydrogen-bond acceptors (Lipinski definition) is 11. The number of azo groups is 2. The highest BCUT2D eigenvalue weighted by molar-refractivity contribution is 7.86. The van der Waals surface area contributed by atoms with Crippen LogP contribution in [0.1, 0.15) is 10.4 Å². The van der Waals surface area contributed by atoms with Gasteiger partial charge in [0.25, 0.3) is 10.1 Å². The van der Waals surface area contributed by atoms with Gasteiger partial charge < -0.3 is 14.4 Å². The van der Waals surface area contributed by atoms with E-state index < -0.39 is 48.4 Å². The van der Waals surface area contributed by atoms with Crippen molar-refractivity contribution < 1.29 is 45.1 Å². The summed E-state index contributed by atoms with van der Waals surface area (Å²) in [4.78, 5) is 10.6. The maximum atomic E-state index is 11.8. The van der Waals surface area contributed by atoms with Crippen LogP contribution in [0.15, 0.2) is 110 Å². The molecule has 0 fully saturated rings. The minimum atomic E-state index is -4.91. The van der Waals surface area contributed by atoms with Crippen LogP contribution in [0.25, 0.3) is 21.5 Å². The first-order chi connectivity index (χ1) is 20.3. The first kappa shape index (κ1) is 29.2. The van der Waals surface area contributed by atoms with Gasteiger partial charge in [-0.25, -0.2) is 4.79 Å². The summed E-state index contributed by atoms with van der Waals surface area (Å²) in [5.74, 6) is -2.84. The lowest BCUT2D eigenvalue weighted by Crippen LogP contribution is -2.06. The Morgan fingerprint density at radius 2 is 1.21 bits per heavy atom. The standard InChI is InChI=1S/C27H18N4O10S2/c32-26-19(27(33)34)10-14-23(42(35,36)37)25(26)31-29-21-12-11-20(17-7-3-4-8-18(17)21)28-30-24-16-6-2-1-5-15(16)9-13-22(24)41-43(38,39)40/h1-14,32H,(H,33,34)(H,35,36,37)(H,38,39,40). The van der Waals surface area contributed by atoms with Crippen molar-refractivity contribution in [3.8, 4) is 11.5 Å². The van der Waals surface area contributed by atoms with E-state index >= 15 is 0 Å². The number of phenols is 1. The van der Waals surface area contributed by atoms with Crippen LogP contribution in [-0.2, 0) is 20.5 Å². The lowest BCUT2D eigenvalue weighted by Gasteiger charge is -2.09. The molecule has 0 bridgehead atoms. The Morgan fingerprint density at radius 1 is 0.651 bits per heavy atom. The number of hydrogen-bond donors (Lipinski definition) is 4. The van der Waals surface area contributed by atoms with Crippen LogP contribution in [0.2, 0.25) is 0 Å². The molecule has 0 unspecified atom stereocenters. The average molecular weight is 623 g/mol. The Balaban J connectivity index is 1.62. The number of carboxylic acids is 1. The quantitative estimate of drug-likeness (QED) is 0.106. The number of nitrogens with zero attached hydrogens (tertiary/aromatic N) is 4. The number of benzene rings is 5. The molecular weight excluding hydrogens is 604 g/mol. The van der Waals surface area contributed by atoms with Crippen molar-refractivity contribution in [2.75, 3.05) is 0 Å². The van der Waals surface area contributed by atoms with E-state index in [1.54, 1.807) is 54.6 Å². The molecule has 5 rings (SSSR count). The van der Waals surface area contributed by atoms with Gasteiger partial charge in [-0.1, -0.05) is 54.6 Å². The molecule has 0 aliphatic rings. The lowest BCUT2D eigenvalue weighted by molar-refractivity contribution is 0.0693. The van der Waals surface area contributed by atoms with Gasteiger partial charge in [0.15, 0.2) is 11.5 Å². The highest BCUT2D eigenvalue weighted by Gasteiger charge is 2.24. The second kappa shape index (κ2) is 11.2. The van der Waals surface area contributed by atoms with E-state index in [1.165, 1.54) is 18.2 Å². The van der Waals surface area contributed by atoms with Crippen LogP contribution in [0, 0.1) is 0 Å². The third-order valence-electron chi connectivity index (χ3n) is 6.07. The molecule has 0 atom stereocenters. The zero-order chi connectivity index (χ0) is 30.9. The summed E-state index contributed by atoms with van der Waals surface area (Å²) in [7, 11) is -9.79. The topological polar surface area (TPSA) is 225 Å². The number of rotatable bonds is 8. The third kappa shape index (κ3) is 6.16. The summed E-state index contributed by atoms with van der Waals surface area (Å²) in [5, 5.41) is 38.0. The molecule has 16 heteroatoms. The van der Waals surface area contributed by atoms with Crippen molar-refractivity contribution in [3.05, 3.63) is 90.5 Å². The van der Waals surface area contributed by atoms with Crippen molar-refractivity contribution in [1.82, 2.24) is 0 Å². The summed E-state index contributed by atoms with van der Waals surface area (Å²) in [6, 6.07) is 20.9. The Hall–Kier alpha value is -5.29. The van der Waals surface area contributed by atoms with Crippen molar-refractivity contribution >= 4 is 70.8 Å². The van der Waals surface area contributed by atoms with E-state index in [0.717, 1.165) is 12.1 Å². The number of carboxylic acid groups (broad SMARTS) is 1. The highest BCUT2D eigenvalue weighted by atomic mass is 32.3. The number of carbonyl (C=O) groups is 1. The minimum absolute atomic E-state index is 0.0232. The first-order valence-electron chi connectivity index (χ1n) is 11.9. The van der Waals surface area contributed by atoms with Gasteiger partial charge in [-0.05, 0) is 35.7 Å². The predicted molar refractivity (Wildman–Crippen MR) is 153 cm³/mol. The molecule has 0 amide bonds. The smallest absolute Gasteiger partial charge is 0.446 e. The van der Waals surface area contributed by atoms with Crippen molar-refractivity contribution in [3.63, 3.8) is 0 Å². The van der Waals surface area contributed by atoms with Gasteiger partial charge in [0.05, 0.1) is 11.4 Å². The average Bonchev–Trinajstić information content (AvgIpc) is 2.94. The summed E-state index contributed by atoms with van der Waals surface area (Å²) >= 11 is 0. The Kier molecular flexibility index (Phi) is 7.59. The van der Waals surface area contributed by atoms with Crippen LogP contribution in [-0.4, -0.2) is 42.1 Å². The molecule has 0 saturated heterocycles. The maximum absolute atomic E-state index is 11.8. The fraction of sp³-hybridized carbons (Fsp3) is 0.